The summed E-state index contributed by atoms with van der Waals surface area (Å²) in [5, 5.41) is 2.90. The Bertz CT molecular complexity index is 943. The number of amides is 1. The zero-order valence-corrected chi connectivity index (χ0v) is 16.8. The molecule has 0 aromatic heterocycles. The Labute approximate surface area is 169 Å². The maximum absolute atomic E-state index is 12.6. The summed E-state index contributed by atoms with van der Waals surface area (Å²) in [6.07, 6.45) is 1.97. The Kier molecular flexibility index (Phi) is 6.31. The molecule has 1 fully saturated rings. The first kappa shape index (κ1) is 20.3. The number of rotatable bonds is 9. The molecule has 150 valence electrons. The highest BCUT2D eigenvalue weighted by Gasteiger charge is 2.23. The van der Waals surface area contributed by atoms with Gasteiger partial charge in [0, 0.05) is 11.7 Å². The Morgan fingerprint density at radius 3 is 2.46 bits per heavy atom. The van der Waals surface area contributed by atoms with Crippen LogP contribution in [0, 0.1) is 0 Å². The van der Waals surface area contributed by atoms with E-state index in [1.807, 2.05) is 6.92 Å². The van der Waals surface area contributed by atoms with Gasteiger partial charge in [-0.15, -0.1) is 0 Å². The summed E-state index contributed by atoms with van der Waals surface area (Å²) in [5.41, 5.74) is 0.400. The molecule has 1 aliphatic rings. The monoisotopic (exact) mass is 424 g/mol. The standard InChI is InChI=1S/C19H21ClN2O5S/c1-2-26-15-7-5-14(6-8-15)22-28(24,25)16-9-10-18(17(20)11-16)27-12-19(23)21-13-3-4-13/h5-11,13,22H,2-4,12H2,1H3,(H,21,23). The average molecular weight is 425 g/mol. The van der Waals surface area contributed by atoms with Crippen LogP contribution < -0.4 is 19.5 Å². The fourth-order valence-corrected chi connectivity index (χ4v) is 3.79. The van der Waals surface area contributed by atoms with Gasteiger partial charge in [-0.25, -0.2) is 8.42 Å². The van der Waals surface area contributed by atoms with Crippen molar-refractivity contribution in [1.82, 2.24) is 5.32 Å². The highest BCUT2D eigenvalue weighted by atomic mass is 35.5. The molecule has 0 saturated heterocycles. The minimum absolute atomic E-state index is 0.0128. The molecule has 0 heterocycles. The van der Waals surface area contributed by atoms with Gasteiger partial charge in [-0.2, -0.15) is 0 Å². The second kappa shape index (κ2) is 8.70. The minimum Gasteiger partial charge on any atom is -0.494 e. The molecule has 2 aromatic carbocycles. The fraction of sp³-hybridized carbons (Fsp3) is 0.316. The van der Waals surface area contributed by atoms with Crippen molar-refractivity contribution in [2.45, 2.75) is 30.7 Å². The summed E-state index contributed by atoms with van der Waals surface area (Å²) in [4.78, 5) is 11.7. The zero-order chi connectivity index (χ0) is 20.1. The number of hydrogen-bond donors (Lipinski definition) is 2. The molecule has 0 radical (unpaired) electrons. The molecule has 3 rings (SSSR count). The van der Waals surface area contributed by atoms with Crippen molar-refractivity contribution in [1.29, 1.82) is 0 Å². The van der Waals surface area contributed by atoms with Crippen LogP contribution in [-0.2, 0) is 14.8 Å². The summed E-state index contributed by atoms with van der Waals surface area (Å²) in [7, 11) is -3.83. The molecule has 9 heteroatoms. The molecule has 0 bridgehead atoms. The molecule has 1 amide bonds. The zero-order valence-electron chi connectivity index (χ0n) is 15.3. The van der Waals surface area contributed by atoms with Crippen molar-refractivity contribution in [3.63, 3.8) is 0 Å². The third-order valence-corrected chi connectivity index (χ3v) is 5.61. The molecule has 7 nitrogen and oxygen atoms in total. The third kappa shape index (κ3) is 5.53. The van der Waals surface area contributed by atoms with Crippen molar-refractivity contribution in [2.24, 2.45) is 0 Å². The number of carbonyl (C=O) groups is 1. The van der Waals surface area contributed by atoms with Crippen molar-refractivity contribution in [2.75, 3.05) is 17.9 Å². The van der Waals surface area contributed by atoms with Crippen LogP contribution in [0.25, 0.3) is 0 Å². The molecule has 2 N–H and O–H groups in total. The van der Waals surface area contributed by atoms with Crippen LogP contribution in [0.1, 0.15) is 19.8 Å². The van der Waals surface area contributed by atoms with Crippen LogP contribution in [0.4, 0.5) is 5.69 Å². The molecule has 0 aliphatic heterocycles. The lowest BCUT2D eigenvalue weighted by Gasteiger charge is -2.12. The Morgan fingerprint density at radius 1 is 1.14 bits per heavy atom. The molecule has 2 aromatic rings. The van der Waals surface area contributed by atoms with E-state index in [2.05, 4.69) is 10.0 Å². The van der Waals surface area contributed by atoms with E-state index in [4.69, 9.17) is 21.1 Å². The molecule has 28 heavy (non-hydrogen) atoms. The molecule has 0 unspecified atom stereocenters. The number of nitrogens with one attached hydrogen (secondary N) is 2. The van der Waals surface area contributed by atoms with E-state index in [-0.39, 0.29) is 34.2 Å². The summed E-state index contributed by atoms with van der Waals surface area (Å²) in [5.74, 6) is 0.667. The van der Waals surface area contributed by atoms with Gasteiger partial charge in [-0.05, 0) is 62.2 Å². The van der Waals surface area contributed by atoms with E-state index in [1.165, 1.54) is 18.2 Å². The average Bonchev–Trinajstić information content (AvgIpc) is 3.46. The first-order valence-corrected chi connectivity index (χ1v) is 10.7. The van der Waals surface area contributed by atoms with E-state index in [9.17, 15) is 13.2 Å². The second-order valence-electron chi connectivity index (χ2n) is 6.29. The lowest BCUT2D eigenvalue weighted by molar-refractivity contribution is -0.123. The molecular formula is C19H21ClN2O5S. The van der Waals surface area contributed by atoms with E-state index in [1.54, 1.807) is 24.3 Å². The van der Waals surface area contributed by atoms with Crippen LogP contribution in [0.3, 0.4) is 0 Å². The number of benzene rings is 2. The van der Waals surface area contributed by atoms with Crippen LogP contribution >= 0.6 is 11.6 Å². The van der Waals surface area contributed by atoms with Crippen molar-refractivity contribution in [3.8, 4) is 11.5 Å². The van der Waals surface area contributed by atoms with Crippen LogP contribution in [0.2, 0.25) is 5.02 Å². The third-order valence-electron chi connectivity index (χ3n) is 3.93. The summed E-state index contributed by atoms with van der Waals surface area (Å²) in [6, 6.07) is 10.9. The smallest absolute Gasteiger partial charge is 0.261 e. The number of ether oxygens (including phenoxy) is 2. The van der Waals surface area contributed by atoms with Gasteiger partial charge in [-0.3, -0.25) is 9.52 Å². The predicted octanol–water partition coefficient (Wildman–Crippen LogP) is 3.20. The van der Waals surface area contributed by atoms with Gasteiger partial charge in [0.2, 0.25) is 0 Å². The predicted molar refractivity (Wildman–Crippen MR) is 107 cm³/mol. The maximum atomic E-state index is 12.6. The van der Waals surface area contributed by atoms with Crippen molar-refractivity contribution < 1.29 is 22.7 Å². The lowest BCUT2D eigenvalue weighted by atomic mass is 10.3. The number of hydrogen-bond acceptors (Lipinski definition) is 5. The molecular weight excluding hydrogens is 404 g/mol. The van der Waals surface area contributed by atoms with E-state index < -0.39 is 10.0 Å². The first-order chi connectivity index (χ1) is 13.4. The van der Waals surface area contributed by atoms with Crippen LogP contribution in [0.5, 0.6) is 11.5 Å². The van der Waals surface area contributed by atoms with Crippen molar-refractivity contribution >= 4 is 33.2 Å². The van der Waals surface area contributed by atoms with Gasteiger partial charge >= 0.3 is 0 Å². The van der Waals surface area contributed by atoms with Crippen LogP contribution in [-0.4, -0.2) is 33.6 Å². The Hall–Kier alpha value is -2.45. The Morgan fingerprint density at radius 2 is 1.86 bits per heavy atom. The lowest BCUT2D eigenvalue weighted by Crippen LogP contribution is -2.30. The van der Waals surface area contributed by atoms with Gasteiger partial charge in [0.1, 0.15) is 11.5 Å². The van der Waals surface area contributed by atoms with E-state index in [0.717, 1.165) is 12.8 Å². The largest absolute Gasteiger partial charge is 0.494 e. The second-order valence-corrected chi connectivity index (χ2v) is 8.38. The normalized spacial score (nSPS) is 13.6. The van der Waals surface area contributed by atoms with Crippen LogP contribution in [0.15, 0.2) is 47.4 Å². The van der Waals surface area contributed by atoms with E-state index >= 15 is 0 Å². The number of anilines is 1. The highest BCUT2D eigenvalue weighted by Crippen LogP contribution is 2.28. The number of sulfonamides is 1. The fourth-order valence-electron chi connectivity index (χ4n) is 2.41. The minimum atomic E-state index is -3.83. The molecule has 0 atom stereocenters. The van der Waals surface area contributed by atoms with Gasteiger partial charge < -0.3 is 14.8 Å². The molecule has 1 aliphatic carbocycles. The number of halogens is 1. The topological polar surface area (TPSA) is 93.7 Å². The highest BCUT2D eigenvalue weighted by molar-refractivity contribution is 7.92. The maximum Gasteiger partial charge on any atom is 0.261 e. The van der Waals surface area contributed by atoms with E-state index in [0.29, 0.717) is 18.0 Å². The summed E-state index contributed by atoms with van der Waals surface area (Å²) >= 11 is 6.13. The summed E-state index contributed by atoms with van der Waals surface area (Å²) < 4.78 is 38.3. The first-order valence-electron chi connectivity index (χ1n) is 8.85. The van der Waals surface area contributed by atoms with Gasteiger partial charge in [0.05, 0.1) is 16.5 Å². The van der Waals surface area contributed by atoms with Gasteiger partial charge in [-0.1, -0.05) is 11.6 Å². The molecule has 0 spiro atoms. The van der Waals surface area contributed by atoms with Crippen molar-refractivity contribution in [3.05, 3.63) is 47.5 Å². The quantitative estimate of drug-likeness (QED) is 0.644. The SMILES string of the molecule is CCOc1ccc(NS(=O)(=O)c2ccc(OCC(=O)NC3CC3)c(Cl)c2)cc1. The van der Waals surface area contributed by atoms with Gasteiger partial charge in [0.25, 0.3) is 15.9 Å². The summed E-state index contributed by atoms with van der Waals surface area (Å²) in [6.45, 7) is 2.22. The van der Waals surface area contributed by atoms with Gasteiger partial charge in [0.15, 0.2) is 6.61 Å². The number of carbonyl (C=O) groups excluding carboxylic acids is 1. The molecule has 1 saturated carbocycles. The Balaban J connectivity index is 1.64.